The van der Waals surface area contributed by atoms with E-state index in [1.807, 2.05) is 11.8 Å². The molecule has 3 aliphatic heterocycles. The molecule has 1 saturated carbocycles. The summed E-state index contributed by atoms with van der Waals surface area (Å²) in [5, 5.41) is 0. The predicted molar refractivity (Wildman–Crippen MR) is 117 cm³/mol. The Kier molecular flexibility index (Phi) is 6.42. The van der Waals surface area contributed by atoms with Crippen molar-refractivity contribution in [2.45, 2.75) is 90.6 Å². The topological polar surface area (TPSA) is 53.1 Å². The molecular weight excluding hydrogens is 378 g/mol. The van der Waals surface area contributed by atoms with E-state index in [9.17, 15) is 9.59 Å². The first-order valence-electron chi connectivity index (χ1n) is 12.3. The maximum atomic E-state index is 13.4. The van der Waals surface area contributed by atoms with Crippen molar-refractivity contribution in [1.82, 2.24) is 14.7 Å². The molecule has 2 amide bonds. The van der Waals surface area contributed by atoms with Crippen LogP contribution in [0.5, 0.6) is 0 Å². The first kappa shape index (κ1) is 21.7. The minimum atomic E-state index is -0.168. The zero-order valence-electron chi connectivity index (χ0n) is 19.1. The minimum Gasteiger partial charge on any atom is -0.450 e. The van der Waals surface area contributed by atoms with Crippen LogP contribution in [0.2, 0.25) is 0 Å². The third kappa shape index (κ3) is 3.76. The molecule has 4 aliphatic rings. The molecule has 2 saturated heterocycles. The van der Waals surface area contributed by atoms with Crippen molar-refractivity contribution >= 4 is 12.0 Å². The van der Waals surface area contributed by atoms with E-state index in [2.05, 4.69) is 23.6 Å². The van der Waals surface area contributed by atoms with E-state index in [1.165, 1.54) is 11.3 Å². The second-order valence-electron chi connectivity index (χ2n) is 9.47. The van der Waals surface area contributed by atoms with Gasteiger partial charge in [-0.2, -0.15) is 0 Å². The molecule has 3 heterocycles. The molecule has 0 N–H and O–H groups in total. The fourth-order valence-corrected chi connectivity index (χ4v) is 6.12. The molecule has 0 unspecified atom stereocenters. The third-order valence-corrected chi connectivity index (χ3v) is 7.81. The first-order valence-corrected chi connectivity index (χ1v) is 12.3. The Bertz CT molecular complexity index is 684. The van der Waals surface area contributed by atoms with Crippen LogP contribution in [0.15, 0.2) is 11.3 Å². The molecule has 30 heavy (non-hydrogen) atoms. The van der Waals surface area contributed by atoms with Gasteiger partial charge in [-0.15, -0.1) is 0 Å². The average Bonchev–Trinajstić information content (AvgIpc) is 3.53. The van der Waals surface area contributed by atoms with Crippen LogP contribution in [0.3, 0.4) is 0 Å². The number of rotatable bonds is 6. The second kappa shape index (κ2) is 8.89. The summed E-state index contributed by atoms with van der Waals surface area (Å²) >= 11 is 0. The molecular formula is C24H39N3O3. The molecule has 1 spiro atoms. The molecule has 4 rings (SSSR count). The Balaban J connectivity index is 1.34. The van der Waals surface area contributed by atoms with Gasteiger partial charge in [-0.1, -0.05) is 20.3 Å². The normalized spacial score (nSPS) is 25.5. The highest BCUT2D eigenvalue weighted by atomic mass is 16.6. The second-order valence-corrected chi connectivity index (χ2v) is 9.47. The van der Waals surface area contributed by atoms with Gasteiger partial charge in [0.2, 0.25) is 5.91 Å². The van der Waals surface area contributed by atoms with Gasteiger partial charge in [0, 0.05) is 44.0 Å². The van der Waals surface area contributed by atoms with Gasteiger partial charge in [0.05, 0.1) is 12.0 Å². The predicted octanol–water partition coefficient (Wildman–Crippen LogP) is 4.16. The number of hydrogen-bond donors (Lipinski definition) is 0. The quantitative estimate of drug-likeness (QED) is 0.651. The highest BCUT2D eigenvalue weighted by Gasteiger charge is 2.60. The fraction of sp³-hybridized carbons (Fsp3) is 0.833. The van der Waals surface area contributed by atoms with Gasteiger partial charge in [-0.25, -0.2) is 4.79 Å². The van der Waals surface area contributed by atoms with Crippen LogP contribution in [-0.2, 0) is 9.53 Å². The average molecular weight is 418 g/mol. The Morgan fingerprint density at radius 2 is 1.63 bits per heavy atom. The van der Waals surface area contributed by atoms with Crippen molar-refractivity contribution in [2.24, 2.45) is 5.41 Å². The number of likely N-dealkylation sites (tertiary alicyclic amines) is 2. The van der Waals surface area contributed by atoms with Crippen LogP contribution < -0.4 is 0 Å². The number of ether oxygens (including phenoxy) is 1. The summed E-state index contributed by atoms with van der Waals surface area (Å²) in [7, 11) is 0. The van der Waals surface area contributed by atoms with Crippen LogP contribution in [0, 0.1) is 5.41 Å². The molecule has 6 heteroatoms. The highest BCUT2D eigenvalue weighted by molar-refractivity contribution is 5.94. The van der Waals surface area contributed by atoms with Crippen molar-refractivity contribution in [3.63, 3.8) is 0 Å². The van der Waals surface area contributed by atoms with Crippen LogP contribution in [0.1, 0.15) is 78.6 Å². The Hall–Kier alpha value is -1.56. The van der Waals surface area contributed by atoms with E-state index in [0.29, 0.717) is 24.6 Å². The van der Waals surface area contributed by atoms with Crippen LogP contribution in [0.4, 0.5) is 4.79 Å². The summed E-state index contributed by atoms with van der Waals surface area (Å²) in [6.45, 7) is 10.5. The molecule has 0 atom stereocenters. The Morgan fingerprint density at radius 1 is 1.00 bits per heavy atom. The van der Waals surface area contributed by atoms with Crippen molar-refractivity contribution in [3.05, 3.63) is 11.3 Å². The Labute approximate surface area is 181 Å². The number of amides is 2. The van der Waals surface area contributed by atoms with Crippen molar-refractivity contribution < 1.29 is 14.3 Å². The highest BCUT2D eigenvalue weighted by Crippen LogP contribution is 2.60. The lowest BCUT2D eigenvalue weighted by molar-refractivity contribution is -0.134. The maximum Gasteiger partial charge on any atom is 0.409 e. The lowest BCUT2D eigenvalue weighted by atomic mass is 9.94. The summed E-state index contributed by atoms with van der Waals surface area (Å²) in [5.41, 5.74) is 2.74. The van der Waals surface area contributed by atoms with Crippen molar-refractivity contribution in [2.75, 3.05) is 32.8 Å². The van der Waals surface area contributed by atoms with E-state index >= 15 is 0 Å². The monoisotopic (exact) mass is 417 g/mol. The molecule has 0 radical (unpaired) electrons. The lowest BCUT2D eigenvalue weighted by Gasteiger charge is -2.43. The molecule has 168 valence electrons. The van der Waals surface area contributed by atoms with Gasteiger partial charge < -0.3 is 19.4 Å². The number of piperidine rings is 2. The van der Waals surface area contributed by atoms with Gasteiger partial charge in [0.25, 0.3) is 0 Å². The number of carbonyl (C=O) groups excluding carboxylic acids is 2. The zero-order valence-corrected chi connectivity index (χ0v) is 19.1. The number of nitrogens with zero attached hydrogens (tertiary/aromatic N) is 3. The van der Waals surface area contributed by atoms with E-state index in [4.69, 9.17) is 4.74 Å². The van der Waals surface area contributed by atoms with Gasteiger partial charge in [0.15, 0.2) is 0 Å². The van der Waals surface area contributed by atoms with E-state index in [-0.39, 0.29) is 11.5 Å². The fourth-order valence-electron chi connectivity index (χ4n) is 6.12. The molecule has 1 aliphatic carbocycles. The largest absolute Gasteiger partial charge is 0.450 e. The molecule has 6 nitrogen and oxygen atoms in total. The summed E-state index contributed by atoms with van der Waals surface area (Å²) in [5.74, 6) is 0.420. The summed E-state index contributed by atoms with van der Waals surface area (Å²) in [4.78, 5) is 32.1. The van der Waals surface area contributed by atoms with Crippen LogP contribution >= 0.6 is 0 Å². The van der Waals surface area contributed by atoms with E-state index in [1.54, 1.807) is 0 Å². The van der Waals surface area contributed by atoms with Crippen LogP contribution in [0.25, 0.3) is 0 Å². The number of hydrogen-bond acceptors (Lipinski definition) is 4. The molecule has 0 bridgehead atoms. The van der Waals surface area contributed by atoms with E-state index < -0.39 is 0 Å². The van der Waals surface area contributed by atoms with Crippen molar-refractivity contribution in [1.29, 1.82) is 0 Å². The summed E-state index contributed by atoms with van der Waals surface area (Å²) in [6.07, 6.45) is 9.33. The first-order chi connectivity index (χ1) is 14.6. The van der Waals surface area contributed by atoms with Crippen LogP contribution in [-0.4, -0.2) is 71.6 Å². The third-order valence-electron chi connectivity index (χ3n) is 7.81. The van der Waals surface area contributed by atoms with Gasteiger partial charge in [-0.3, -0.25) is 4.79 Å². The molecule has 0 aromatic heterocycles. The lowest BCUT2D eigenvalue weighted by Crippen LogP contribution is -2.52. The van der Waals surface area contributed by atoms with Gasteiger partial charge >= 0.3 is 6.09 Å². The van der Waals surface area contributed by atoms with Crippen molar-refractivity contribution in [3.8, 4) is 0 Å². The van der Waals surface area contributed by atoms with Gasteiger partial charge in [-0.05, 0) is 63.9 Å². The zero-order chi connectivity index (χ0) is 21.3. The van der Waals surface area contributed by atoms with Gasteiger partial charge in [0.1, 0.15) is 0 Å². The number of allylic oxidation sites excluding steroid dienone is 1. The molecule has 0 aromatic carbocycles. The smallest absolute Gasteiger partial charge is 0.409 e. The standard InChI is InChI=1S/C24H39N3O3/c1-4-7-21-20(5-2)24(12-13-24)22(28)27(21)19-10-14-25(15-11-19)18-8-16-26(17-9-18)23(29)30-6-3/h18-19H,4-17H2,1-3H3. The molecule has 0 aromatic rings. The molecule has 3 fully saturated rings. The SMILES string of the molecule is CCCC1=C(CC)C2(CC2)C(=O)N1C1CCN(C2CCN(C(=O)OCC)CC2)CC1. The minimum absolute atomic E-state index is 0.101. The maximum absolute atomic E-state index is 13.4. The van der Waals surface area contributed by atoms with E-state index in [0.717, 1.165) is 84.0 Å². The summed E-state index contributed by atoms with van der Waals surface area (Å²) in [6, 6.07) is 0.925. The Morgan fingerprint density at radius 3 is 2.17 bits per heavy atom. The summed E-state index contributed by atoms with van der Waals surface area (Å²) < 4.78 is 5.14. The number of carbonyl (C=O) groups is 2.